The molecule has 114 valence electrons. The Balaban J connectivity index is 1.92. The first-order valence-corrected chi connectivity index (χ1v) is 8.49. The zero-order chi connectivity index (χ0) is 15.7. The molecule has 0 bridgehead atoms. The van der Waals surface area contributed by atoms with E-state index in [4.69, 9.17) is 11.6 Å². The summed E-state index contributed by atoms with van der Waals surface area (Å²) in [5.41, 5.74) is 0.640. The molecule has 0 radical (unpaired) electrons. The Bertz CT molecular complexity index is 827. The second-order valence-corrected chi connectivity index (χ2v) is 6.91. The van der Waals surface area contributed by atoms with Crippen LogP contribution in [-0.4, -0.2) is 37.4 Å². The highest BCUT2D eigenvalue weighted by atomic mass is 35.5. The first-order chi connectivity index (χ1) is 10.5. The first kappa shape index (κ1) is 14.8. The topological polar surface area (TPSA) is 78.8 Å². The lowest BCUT2D eigenvalue weighted by Crippen LogP contribution is -2.40. The summed E-state index contributed by atoms with van der Waals surface area (Å²) in [7, 11) is -3.54. The molecule has 0 fully saturated rings. The quantitative estimate of drug-likeness (QED) is 0.892. The second kappa shape index (κ2) is 5.58. The molecule has 0 saturated carbocycles. The van der Waals surface area contributed by atoms with E-state index in [2.05, 4.69) is 9.71 Å². The molecule has 6 nitrogen and oxygen atoms in total. The monoisotopic (exact) mass is 337 g/mol. The average molecular weight is 338 g/mol. The van der Waals surface area contributed by atoms with E-state index in [-0.39, 0.29) is 23.7 Å². The predicted molar refractivity (Wildman–Crippen MR) is 85.2 cm³/mol. The van der Waals surface area contributed by atoms with Crippen molar-refractivity contribution in [2.45, 2.75) is 0 Å². The van der Waals surface area contributed by atoms with Crippen LogP contribution in [0.1, 0.15) is 0 Å². The number of carbonyl (C=O) groups is 1. The van der Waals surface area contributed by atoms with Gasteiger partial charge in [-0.05, 0) is 24.3 Å². The molecule has 2 aliphatic rings. The molecule has 0 spiro atoms. The van der Waals surface area contributed by atoms with Gasteiger partial charge in [0.2, 0.25) is 0 Å². The number of hydrogen-bond acceptors (Lipinski definition) is 4. The SMILES string of the molecule is O=C(Nc1ccccc1Cl)C1=CC=CN2CCS(=O)(=O)N=C12. The number of para-hydroxylation sites is 1. The number of hydrogen-bond donors (Lipinski definition) is 1. The van der Waals surface area contributed by atoms with Crippen LogP contribution in [0.15, 0.2) is 52.6 Å². The van der Waals surface area contributed by atoms with Crippen LogP contribution in [0.2, 0.25) is 5.02 Å². The van der Waals surface area contributed by atoms with Gasteiger partial charge < -0.3 is 10.2 Å². The fourth-order valence-corrected chi connectivity index (χ4v) is 3.31. The third-order valence-electron chi connectivity index (χ3n) is 3.22. The lowest BCUT2D eigenvalue weighted by molar-refractivity contribution is -0.112. The molecule has 0 saturated heterocycles. The number of allylic oxidation sites excluding steroid dienone is 2. The van der Waals surface area contributed by atoms with E-state index in [1.54, 1.807) is 41.4 Å². The molecule has 0 aliphatic carbocycles. The van der Waals surface area contributed by atoms with Crippen molar-refractivity contribution in [1.82, 2.24) is 4.90 Å². The Labute approximate surface area is 132 Å². The minimum atomic E-state index is -3.54. The molecule has 8 heteroatoms. The zero-order valence-electron chi connectivity index (χ0n) is 11.4. The third kappa shape index (κ3) is 2.90. The van der Waals surface area contributed by atoms with Gasteiger partial charge in [-0.25, -0.2) is 8.42 Å². The van der Waals surface area contributed by atoms with E-state index < -0.39 is 15.9 Å². The van der Waals surface area contributed by atoms with Crippen LogP contribution in [0.3, 0.4) is 0 Å². The summed E-state index contributed by atoms with van der Waals surface area (Å²) in [4.78, 5) is 14.1. The number of rotatable bonds is 2. The number of benzene rings is 1. The van der Waals surface area contributed by atoms with Gasteiger partial charge in [-0.3, -0.25) is 4.79 Å². The van der Waals surface area contributed by atoms with Gasteiger partial charge in [0.25, 0.3) is 15.9 Å². The number of sulfonamides is 1. The molecule has 1 N–H and O–H groups in total. The molecule has 0 atom stereocenters. The lowest BCUT2D eigenvalue weighted by atomic mass is 10.1. The number of carbonyl (C=O) groups excluding carboxylic acids is 1. The van der Waals surface area contributed by atoms with Gasteiger partial charge in [0.15, 0.2) is 5.84 Å². The summed E-state index contributed by atoms with van der Waals surface area (Å²) in [6, 6.07) is 6.81. The van der Waals surface area contributed by atoms with E-state index in [0.717, 1.165) is 0 Å². The van der Waals surface area contributed by atoms with Gasteiger partial charge in [0, 0.05) is 12.7 Å². The van der Waals surface area contributed by atoms with E-state index in [1.807, 2.05) is 0 Å². The van der Waals surface area contributed by atoms with E-state index in [1.165, 1.54) is 6.08 Å². The Hall–Kier alpha value is -2.12. The maximum atomic E-state index is 12.4. The molecule has 2 heterocycles. The zero-order valence-corrected chi connectivity index (χ0v) is 12.9. The molecule has 2 aliphatic heterocycles. The fraction of sp³-hybridized carbons (Fsp3) is 0.143. The summed E-state index contributed by atoms with van der Waals surface area (Å²) < 4.78 is 27.0. The summed E-state index contributed by atoms with van der Waals surface area (Å²) in [5.74, 6) is -0.392. The Kier molecular flexibility index (Phi) is 3.76. The first-order valence-electron chi connectivity index (χ1n) is 6.50. The molecule has 1 amide bonds. The number of amidine groups is 1. The number of nitrogens with one attached hydrogen (secondary N) is 1. The Morgan fingerprint density at radius 3 is 2.86 bits per heavy atom. The van der Waals surface area contributed by atoms with Gasteiger partial charge >= 0.3 is 0 Å². The molecule has 0 aromatic heterocycles. The fourth-order valence-electron chi connectivity index (χ4n) is 2.15. The summed E-state index contributed by atoms with van der Waals surface area (Å²) in [5, 5.41) is 3.07. The predicted octanol–water partition coefficient (Wildman–Crippen LogP) is 1.78. The van der Waals surface area contributed by atoms with E-state index in [0.29, 0.717) is 10.7 Å². The van der Waals surface area contributed by atoms with Crippen molar-refractivity contribution in [2.24, 2.45) is 4.40 Å². The molecule has 1 aromatic carbocycles. The van der Waals surface area contributed by atoms with Crippen molar-refractivity contribution in [3.8, 4) is 0 Å². The lowest BCUT2D eigenvalue weighted by Gasteiger charge is -2.28. The number of fused-ring (bicyclic) bond motifs is 1. The molecule has 22 heavy (non-hydrogen) atoms. The maximum Gasteiger partial charge on any atom is 0.259 e. The third-order valence-corrected chi connectivity index (χ3v) is 4.70. The standard InChI is InChI=1S/C14H12ClN3O3S/c15-11-5-1-2-6-12(11)16-14(19)10-4-3-7-18-8-9-22(20,21)17-13(10)18/h1-7H,8-9H2,(H,16,19). The normalized spacial score (nSPS) is 19.0. The number of anilines is 1. The molecule has 3 rings (SSSR count). The van der Waals surface area contributed by atoms with Gasteiger partial charge in [0.1, 0.15) is 0 Å². The van der Waals surface area contributed by atoms with E-state index >= 15 is 0 Å². The van der Waals surface area contributed by atoms with Gasteiger partial charge in [0.05, 0.1) is 22.0 Å². The molecular formula is C14H12ClN3O3S. The van der Waals surface area contributed by atoms with Crippen molar-refractivity contribution < 1.29 is 13.2 Å². The van der Waals surface area contributed by atoms with Gasteiger partial charge in [-0.1, -0.05) is 23.7 Å². The van der Waals surface area contributed by atoms with Crippen LogP contribution in [0, 0.1) is 0 Å². The number of halogens is 1. The van der Waals surface area contributed by atoms with Gasteiger partial charge in [-0.15, -0.1) is 4.40 Å². The largest absolute Gasteiger partial charge is 0.331 e. The van der Waals surface area contributed by atoms with Gasteiger partial charge in [-0.2, -0.15) is 0 Å². The Morgan fingerprint density at radius 1 is 1.32 bits per heavy atom. The van der Waals surface area contributed by atoms with Crippen molar-refractivity contribution in [2.75, 3.05) is 17.6 Å². The molecule has 0 unspecified atom stereocenters. The molecule has 1 aromatic rings. The van der Waals surface area contributed by atoms with Crippen LogP contribution in [0.4, 0.5) is 5.69 Å². The smallest absolute Gasteiger partial charge is 0.259 e. The summed E-state index contributed by atoms with van der Waals surface area (Å²) in [6.07, 6.45) is 4.90. The minimum Gasteiger partial charge on any atom is -0.331 e. The van der Waals surface area contributed by atoms with Crippen LogP contribution in [0.25, 0.3) is 0 Å². The van der Waals surface area contributed by atoms with Crippen LogP contribution >= 0.6 is 11.6 Å². The van der Waals surface area contributed by atoms with Crippen molar-refractivity contribution in [1.29, 1.82) is 0 Å². The van der Waals surface area contributed by atoms with Crippen LogP contribution in [0.5, 0.6) is 0 Å². The molecular weight excluding hydrogens is 326 g/mol. The van der Waals surface area contributed by atoms with Crippen molar-refractivity contribution in [3.63, 3.8) is 0 Å². The van der Waals surface area contributed by atoms with Crippen molar-refractivity contribution in [3.05, 3.63) is 53.2 Å². The average Bonchev–Trinajstić information content (AvgIpc) is 2.48. The van der Waals surface area contributed by atoms with Crippen LogP contribution < -0.4 is 5.32 Å². The summed E-state index contributed by atoms with van der Waals surface area (Å²) >= 11 is 6.01. The summed E-state index contributed by atoms with van der Waals surface area (Å²) in [6.45, 7) is 0.272. The second-order valence-electron chi connectivity index (χ2n) is 4.75. The Morgan fingerprint density at radius 2 is 2.09 bits per heavy atom. The maximum absolute atomic E-state index is 12.4. The van der Waals surface area contributed by atoms with Crippen molar-refractivity contribution >= 4 is 39.1 Å². The highest BCUT2D eigenvalue weighted by Gasteiger charge is 2.30. The highest BCUT2D eigenvalue weighted by Crippen LogP contribution is 2.23. The number of amides is 1. The highest BCUT2D eigenvalue weighted by molar-refractivity contribution is 7.90. The number of nitrogens with zero attached hydrogens (tertiary/aromatic N) is 2. The van der Waals surface area contributed by atoms with Crippen LogP contribution in [-0.2, 0) is 14.8 Å². The van der Waals surface area contributed by atoms with E-state index in [9.17, 15) is 13.2 Å². The minimum absolute atomic E-state index is 0.0692.